The van der Waals surface area contributed by atoms with Gasteiger partial charge in [0, 0.05) is 18.3 Å². The number of carbonyl (C=O) groups is 2. The number of hydrogen-bond acceptors (Lipinski definition) is 2. The number of urea groups is 1. The molecule has 0 heterocycles. The molecule has 0 bridgehead atoms. The lowest BCUT2D eigenvalue weighted by molar-refractivity contribution is -0.117. The quantitative estimate of drug-likeness (QED) is 0.849. The fourth-order valence-corrected chi connectivity index (χ4v) is 2.93. The van der Waals surface area contributed by atoms with E-state index < -0.39 is 5.91 Å². The van der Waals surface area contributed by atoms with Crippen LogP contribution in [-0.2, 0) is 17.8 Å². The van der Waals surface area contributed by atoms with Gasteiger partial charge >= 0.3 is 6.03 Å². The zero-order valence-electron chi connectivity index (χ0n) is 14.4. The van der Waals surface area contributed by atoms with Gasteiger partial charge in [-0.1, -0.05) is 48.0 Å². The second-order valence-electron chi connectivity index (χ2n) is 6.58. The Balaban J connectivity index is 1.75. The van der Waals surface area contributed by atoms with Gasteiger partial charge in [0.15, 0.2) is 0 Å². The molecule has 25 heavy (non-hydrogen) atoms. The van der Waals surface area contributed by atoms with Crippen molar-refractivity contribution in [1.29, 1.82) is 0 Å². The summed E-state index contributed by atoms with van der Waals surface area (Å²) in [6.07, 6.45) is 2.17. The standard InChI is InChI=1S/C20H23N3O2/c1-14-5-4-6-15(11-14)13-23(17-9-10-17)20(25)22-18-8-3-2-7-16(18)12-19(21)24/h2-8,11,17H,9-10,12-13H2,1H3,(H2,21,24)(H,22,25). The second-order valence-corrected chi connectivity index (χ2v) is 6.58. The third-order valence-electron chi connectivity index (χ3n) is 4.31. The van der Waals surface area contributed by atoms with Crippen LogP contribution in [0.4, 0.5) is 10.5 Å². The van der Waals surface area contributed by atoms with Crippen molar-refractivity contribution >= 4 is 17.6 Å². The van der Waals surface area contributed by atoms with Gasteiger partial charge in [-0.05, 0) is 37.0 Å². The SMILES string of the molecule is Cc1cccc(CN(C(=O)Nc2ccccc2CC(N)=O)C2CC2)c1. The van der Waals surface area contributed by atoms with E-state index in [1.165, 1.54) is 5.56 Å². The number of rotatable bonds is 6. The minimum atomic E-state index is -0.416. The molecule has 0 unspecified atom stereocenters. The Labute approximate surface area is 147 Å². The molecule has 1 aliphatic rings. The van der Waals surface area contributed by atoms with Crippen LogP contribution in [-0.4, -0.2) is 22.9 Å². The van der Waals surface area contributed by atoms with Gasteiger partial charge in [0.25, 0.3) is 0 Å². The van der Waals surface area contributed by atoms with E-state index in [0.717, 1.165) is 24.0 Å². The topological polar surface area (TPSA) is 75.4 Å². The van der Waals surface area contributed by atoms with Gasteiger partial charge < -0.3 is 16.0 Å². The lowest BCUT2D eigenvalue weighted by Crippen LogP contribution is -2.36. The average Bonchev–Trinajstić information content (AvgIpc) is 3.39. The summed E-state index contributed by atoms with van der Waals surface area (Å²) in [6.45, 7) is 2.63. The first-order valence-corrected chi connectivity index (χ1v) is 8.52. The number of anilines is 1. The van der Waals surface area contributed by atoms with Crippen molar-refractivity contribution in [2.24, 2.45) is 5.73 Å². The predicted molar refractivity (Wildman–Crippen MR) is 98.1 cm³/mol. The van der Waals surface area contributed by atoms with Crippen LogP contribution in [0.5, 0.6) is 0 Å². The predicted octanol–water partition coefficient (Wildman–Crippen LogP) is 3.22. The Bertz CT molecular complexity index is 784. The van der Waals surface area contributed by atoms with Crippen LogP contribution in [0.15, 0.2) is 48.5 Å². The molecule has 0 aromatic heterocycles. The van der Waals surface area contributed by atoms with E-state index in [-0.39, 0.29) is 18.5 Å². The summed E-state index contributed by atoms with van der Waals surface area (Å²) in [6, 6.07) is 15.6. The van der Waals surface area contributed by atoms with Crippen molar-refractivity contribution in [1.82, 2.24) is 4.90 Å². The number of para-hydroxylation sites is 1. The van der Waals surface area contributed by atoms with Crippen LogP contribution in [0.1, 0.15) is 29.5 Å². The number of hydrogen-bond donors (Lipinski definition) is 2. The molecular weight excluding hydrogens is 314 g/mol. The summed E-state index contributed by atoms with van der Waals surface area (Å²) in [7, 11) is 0. The Morgan fingerprint density at radius 1 is 1.16 bits per heavy atom. The lowest BCUT2D eigenvalue weighted by atomic mass is 10.1. The third kappa shape index (κ3) is 4.59. The molecule has 2 aromatic carbocycles. The highest BCUT2D eigenvalue weighted by atomic mass is 16.2. The Morgan fingerprint density at radius 2 is 1.92 bits per heavy atom. The van der Waals surface area contributed by atoms with Gasteiger partial charge in [-0.2, -0.15) is 0 Å². The third-order valence-corrected chi connectivity index (χ3v) is 4.31. The van der Waals surface area contributed by atoms with E-state index in [0.29, 0.717) is 12.2 Å². The molecule has 3 N–H and O–H groups in total. The first-order chi connectivity index (χ1) is 12.0. The van der Waals surface area contributed by atoms with Gasteiger partial charge in [0.05, 0.1) is 6.42 Å². The molecular formula is C20H23N3O2. The fourth-order valence-electron chi connectivity index (χ4n) is 2.93. The average molecular weight is 337 g/mol. The van der Waals surface area contributed by atoms with Crippen molar-refractivity contribution in [3.05, 3.63) is 65.2 Å². The van der Waals surface area contributed by atoms with Crippen molar-refractivity contribution in [2.75, 3.05) is 5.32 Å². The van der Waals surface area contributed by atoms with E-state index in [9.17, 15) is 9.59 Å². The summed E-state index contributed by atoms with van der Waals surface area (Å²) in [5.41, 5.74) is 8.97. The summed E-state index contributed by atoms with van der Waals surface area (Å²) in [4.78, 5) is 25.9. The van der Waals surface area contributed by atoms with Crippen molar-refractivity contribution in [3.63, 3.8) is 0 Å². The molecule has 3 amide bonds. The van der Waals surface area contributed by atoms with E-state index in [1.54, 1.807) is 6.07 Å². The minimum absolute atomic E-state index is 0.109. The molecule has 5 heteroatoms. The molecule has 1 fully saturated rings. The van der Waals surface area contributed by atoms with Gasteiger partial charge in [0.2, 0.25) is 5.91 Å². The molecule has 1 saturated carbocycles. The van der Waals surface area contributed by atoms with Crippen molar-refractivity contribution in [2.45, 2.75) is 38.8 Å². The van der Waals surface area contributed by atoms with Crippen LogP contribution in [0.2, 0.25) is 0 Å². The van der Waals surface area contributed by atoms with Crippen LogP contribution in [0.3, 0.4) is 0 Å². The first-order valence-electron chi connectivity index (χ1n) is 8.52. The summed E-state index contributed by atoms with van der Waals surface area (Å²) in [5.74, 6) is -0.416. The number of aryl methyl sites for hydroxylation is 1. The van der Waals surface area contributed by atoms with E-state index >= 15 is 0 Å². The molecule has 0 spiro atoms. The van der Waals surface area contributed by atoms with Crippen LogP contribution >= 0.6 is 0 Å². The van der Waals surface area contributed by atoms with Crippen LogP contribution in [0, 0.1) is 6.92 Å². The number of nitrogens with zero attached hydrogens (tertiary/aromatic N) is 1. The van der Waals surface area contributed by atoms with Gasteiger partial charge in [-0.25, -0.2) is 4.79 Å². The molecule has 0 aliphatic heterocycles. The van der Waals surface area contributed by atoms with Gasteiger partial charge in [0.1, 0.15) is 0 Å². The maximum atomic E-state index is 12.8. The molecule has 130 valence electrons. The molecule has 0 saturated heterocycles. The summed E-state index contributed by atoms with van der Waals surface area (Å²) < 4.78 is 0. The number of nitrogens with one attached hydrogen (secondary N) is 1. The second kappa shape index (κ2) is 7.38. The molecule has 0 radical (unpaired) electrons. The Kier molecular flexibility index (Phi) is 5.03. The summed E-state index contributed by atoms with van der Waals surface area (Å²) in [5, 5.41) is 2.95. The van der Waals surface area contributed by atoms with Crippen molar-refractivity contribution in [3.8, 4) is 0 Å². The smallest absolute Gasteiger partial charge is 0.322 e. The van der Waals surface area contributed by atoms with Gasteiger partial charge in [-0.15, -0.1) is 0 Å². The maximum Gasteiger partial charge on any atom is 0.322 e. The highest BCUT2D eigenvalue weighted by Gasteiger charge is 2.32. The highest BCUT2D eigenvalue weighted by Crippen LogP contribution is 2.29. The highest BCUT2D eigenvalue weighted by molar-refractivity contribution is 5.91. The number of primary amides is 1. The maximum absolute atomic E-state index is 12.8. The summed E-state index contributed by atoms with van der Waals surface area (Å²) >= 11 is 0. The number of amides is 3. The fraction of sp³-hybridized carbons (Fsp3) is 0.300. The Hall–Kier alpha value is -2.82. The molecule has 0 atom stereocenters. The molecule has 2 aromatic rings. The van der Waals surface area contributed by atoms with E-state index in [4.69, 9.17) is 5.73 Å². The number of carbonyl (C=O) groups excluding carboxylic acids is 2. The molecule has 1 aliphatic carbocycles. The van der Waals surface area contributed by atoms with Crippen LogP contribution < -0.4 is 11.1 Å². The first kappa shape index (κ1) is 17.0. The lowest BCUT2D eigenvalue weighted by Gasteiger charge is -2.24. The van der Waals surface area contributed by atoms with Crippen molar-refractivity contribution < 1.29 is 9.59 Å². The number of nitrogens with two attached hydrogens (primary N) is 1. The zero-order valence-corrected chi connectivity index (χ0v) is 14.4. The number of benzene rings is 2. The molecule has 3 rings (SSSR count). The normalized spacial score (nSPS) is 13.3. The zero-order chi connectivity index (χ0) is 17.8. The van der Waals surface area contributed by atoms with E-state index in [2.05, 4.69) is 11.4 Å². The Morgan fingerprint density at radius 3 is 2.60 bits per heavy atom. The minimum Gasteiger partial charge on any atom is -0.369 e. The monoisotopic (exact) mass is 337 g/mol. The molecule has 5 nitrogen and oxygen atoms in total. The van der Waals surface area contributed by atoms with E-state index in [1.807, 2.05) is 48.2 Å². The van der Waals surface area contributed by atoms with Gasteiger partial charge in [-0.3, -0.25) is 4.79 Å². The largest absolute Gasteiger partial charge is 0.369 e. The van der Waals surface area contributed by atoms with Crippen LogP contribution in [0.25, 0.3) is 0 Å².